The van der Waals surface area contributed by atoms with E-state index in [1.165, 1.54) is 35.0 Å². The van der Waals surface area contributed by atoms with Gasteiger partial charge in [0.2, 0.25) is 15.9 Å². The summed E-state index contributed by atoms with van der Waals surface area (Å²) in [5.41, 5.74) is 8.01. The van der Waals surface area contributed by atoms with Crippen molar-refractivity contribution in [1.29, 1.82) is 0 Å². The summed E-state index contributed by atoms with van der Waals surface area (Å²) in [6.45, 7) is 4.02. The van der Waals surface area contributed by atoms with E-state index >= 15 is 0 Å². The van der Waals surface area contributed by atoms with Gasteiger partial charge in [-0.25, -0.2) is 13.4 Å². The number of aliphatic hydroxyl groups is 1. The van der Waals surface area contributed by atoms with Gasteiger partial charge in [0.05, 0.1) is 17.7 Å². The number of amides is 2. The molecule has 1 aromatic heterocycles. The number of benzene rings is 3. The van der Waals surface area contributed by atoms with Gasteiger partial charge in [0.25, 0.3) is 5.91 Å². The third kappa shape index (κ3) is 9.69. The highest BCUT2D eigenvalue weighted by Crippen LogP contribution is 2.29. The molecule has 0 aliphatic carbocycles. The zero-order valence-corrected chi connectivity index (χ0v) is 28.1. The average molecular weight is 673 g/mol. The third-order valence-electron chi connectivity index (χ3n) is 7.93. The van der Waals surface area contributed by atoms with E-state index in [1.54, 1.807) is 12.1 Å². The number of hydrogen-bond acceptors (Lipinski definition) is 8. The first-order valence-electron chi connectivity index (χ1n) is 16.0. The van der Waals surface area contributed by atoms with Crippen LogP contribution >= 0.6 is 0 Å². The lowest BCUT2D eigenvalue weighted by atomic mass is 9.84. The standard InChI is InChI=1S/C36H44N6O5S/c1-26(2)24-42(48(46,47)31-18-16-29(37)17-19-31)30(25-43)15-9-10-20-40-36(45)34(41-35(44)32-23-38-21-22-39-32)33(27-11-5-3-6-12-27)28-13-7-4-8-14-28/h3-8,11-14,16-19,21-23,26,30,33-34,43H,9-10,15,20,24-25,37H2,1-2H3,(H,40,45)(H,41,44)/t30-,34-/m0/s1. The van der Waals surface area contributed by atoms with Crippen LogP contribution in [0.3, 0.4) is 0 Å². The number of carbonyl (C=O) groups is 2. The van der Waals surface area contributed by atoms with E-state index in [4.69, 9.17) is 5.73 Å². The smallest absolute Gasteiger partial charge is 0.272 e. The van der Waals surface area contributed by atoms with Crippen LogP contribution in [0.4, 0.5) is 5.69 Å². The van der Waals surface area contributed by atoms with Crippen molar-refractivity contribution in [3.05, 3.63) is 120 Å². The van der Waals surface area contributed by atoms with Crippen LogP contribution in [-0.2, 0) is 14.8 Å². The first kappa shape index (κ1) is 36.2. The molecule has 3 aromatic carbocycles. The molecule has 1 heterocycles. The molecule has 0 aliphatic heterocycles. The molecular weight excluding hydrogens is 629 g/mol. The number of rotatable bonds is 17. The highest BCUT2D eigenvalue weighted by Gasteiger charge is 2.34. The second-order valence-electron chi connectivity index (χ2n) is 12.0. The monoisotopic (exact) mass is 672 g/mol. The van der Waals surface area contributed by atoms with Crippen molar-refractivity contribution in [3.63, 3.8) is 0 Å². The van der Waals surface area contributed by atoms with E-state index in [9.17, 15) is 23.1 Å². The highest BCUT2D eigenvalue weighted by atomic mass is 32.2. The molecule has 254 valence electrons. The van der Waals surface area contributed by atoms with Crippen molar-refractivity contribution in [1.82, 2.24) is 24.9 Å². The molecule has 12 heteroatoms. The Kier molecular flexibility index (Phi) is 13.2. The van der Waals surface area contributed by atoms with Crippen LogP contribution in [0.15, 0.2) is 108 Å². The van der Waals surface area contributed by atoms with Crippen molar-refractivity contribution in [2.45, 2.75) is 56.0 Å². The fourth-order valence-corrected chi connectivity index (χ4v) is 7.37. The molecule has 48 heavy (non-hydrogen) atoms. The number of nitrogens with one attached hydrogen (secondary N) is 2. The quantitative estimate of drug-likeness (QED) is 0.0965. The fourth-order valence-electron chi connectivity index (χ4n) is 5.56. The molecule has 0 fully saturated rings. The molecule has 0 saturated carbocycles. The van der Waals surface area contributed by atoms with Crippen molar-refractivity contribution in [2.24, 2.45) is 5.92 Å². The SMILES string of the molecule is CC(C)CN([C@H](CO)CCCCNC(=O)[C@@H](NC(=O)c1cnccn1)C(c1ccccc1)c1ccccc1)S(=O)(=O)c1ccc(N)cc1. The van der Waals surface area contributed by atoms with E-state index in [0.717, 1.165) is 11.1 Å². The van der Waals surface area contributed by atoms with E-state index in [1.807, 2.05) is 74.5 Å². The summed E-state index contributed by atoms with van der Waals surface area (Å²) < 4.78 is 28.6. The normalized spacial score (nSPS) is 13.0. The molecule has 0 aliphatic rings. The number of nitrogens with zero attached hydrogens (tertiary/aromatic N) is 3. The van der Waals surface area contributed by atoms with Gasteiger partial charge in [-0.15, -0.1) is 0 Å². The summed E-state index contributed by atoms with van der Waals surface area (Å²) in [5.74, 6) is -1.39. The van der Waals surface area contributed by atoms with Gasteiger partial charge < -0.3 is 21.5 Å². The Balaban J connectivity index is 1.48. The molecule has 11 nitrogen and oxygen atoms in total. The number of unbranched alkanes of at least 4 members (excludes halogenated alkanes) is 1. The molecule has 0 bridgehead atoms. The number of nitrogen functional groups attached to an aromatic ring is 1. The first-order chi connectivity index (χ1) is 23.1. The molecule has 2 amide bonds. The number of sulfonamides is 1. The number of aliphatic hydroxyl groups excluding tert-OH is 1. The largest absolute Gasteiger partial charge is 0.399 e. The second kappa shape index (κ2) is 17.5. The van der Waals surface area contributed by atoms with Gasteiger partial charge in [-0.2, -0.15) is 4.31 Å². The molecule has 4 aromatic rings. The number of aromatic nitrogens is 2. The Bertz CT molecular complexity index is 1650. The van der Waals surface area contributed by atoms with Gasteiger partial charge in [-0.3, -0.25) is 14.6 Å². The Labute approximate surface area is 282 Å². The van der Waals surface area contributed by atoms with E-state index in [2.05, 4.69) is 20.6 Å². The van der Waals surface area contributed by atoms with Gasteiger partial charge in [0.1, 0.15) is 11.7 Å². The van der Waals surface area contributed by atoms with Gasteiger partial charge in [0.15, 0.2) is 0 Å². The van der Waals surface area contributed by atoms with Gasteiger partial charge in [-0.1, -0.05) is 80.9 Å². The maximum Gasteiger partial charge on any atom is 0.272 e. The maximum atomic E-state index is 13.9. The van der Waals surface area contributed by atoms with Crippen LogP contribution in [0.25, 0.3) is 0 Å². The fraction of sp³-hybridized carbons (Fsp3) is 0.333. The molecule has 0 spiro atoms. The van der Waals surface area contributed by atoms with Gasteiger partial charge >= 0.3 is 0 Å². The average Bonchev–Trinajstić information content (AvgIpc) is 3.10. The lowest BCUT2D eigenvalue weighted by Gasteiger charge is -2.31. The van der Waals surface area contributed by atoms with Crippen molar-refractivity contribution in [2.75, 3.05) is 25.4 Å². The Hall–Kier alpha value is -4.65. The predicted octanol–water partition coefficient (Wildman–Crippen LogP) is 3.98. The summed E-state index contributed by atoms with van der Waals surface area (Å²) in [6.07, 6.45) is 5.67. The number of nitrogens with two attached hydrogens (primary N) is 1. The molecular formula is C36H44N6O5S. The van der Waals surface area contributed by atoms with E-state index < -0.39 is 33.9 Å². The lowest BCUT2D eigenvalue weighted by molar-refractivity contribution is -0.123. The zero-order chi connectivity index (χ0) is 34.5. The molecule has 4 rings (SSSR count). The van der Waals surface area contributed by atoms with Crippen LogP contribution in [0, 0.1) is 5.92 Å². The number of hydrogen-bond donors (Lipinski definition) is 4. The van der Waals surface area contributed by atoms with Crippen molar-refractivity contribution in [3.8, 4) is 0 Å². The van der Waals surface area contributed by atoms with E-state index in [-0.39, 0.29) is 42.1 Å². The summed E-state index contributed by atoms with van der Waals surface area (Å²) in [4.78, 5) is 35.4. The Morgan fingerprint density at radius 2 is 1.52 bits per heavy atom. The minimum atomic E-state index is -3.89. The maximum absolute atomic E-state index is 13.9. The Morgan fingerprint density at radius 3 is 2.06 bits per heavy atom. The number of carbonyl (C=O) groups excluding carboxylic acids is 2. The predicted molar refractivity (Wildman–Crippen MR) is 185 cm³/mol. The topological polar surface area (TPSA) is 168 Å². The zero-order valence-electron chi connectivity index (χ0n) is 27.3. The van der Waals surface area contributed by atoms with Crippen LogP contribution < -0.4 is 16.4 Å². The third-order valence-corrected chi connectivity index (χ3v) is 9.86. The number of anilines is 1. The van der Waals surface area contributed by atoms with Crippen molar-refractivity contribution < 1.29 is 23.1 Å². The molecule has 5 N–H and O–H groups in total. The van der Waals surface area contributed by atoms with Gasteiger partial charge in [-0.05, 0) is 54.2 Å². The minimum absolute atomic E-state index is 0.0260. The van der Waals surface area contributed by atoms with Crippen LogP contribution in [0.1, 0.15) is 60.6 Å². The molecule has 2 atom stereocenters. The Morgan fingerprint density at radius 1 is 0.896 bits per heavy atom. The van der Waals surface area contributed by atoms with Crippen molar-refractivity contribution >= 4 is 27.5 Å². The minimum Gasteiger partial charge on any atom is -0.399 e. The first-order valence-corrected chi connectivity index (χ1v) is 17.5. The molecule has 0 unspecified atom stereocenters. The molecule has 0 saturated heterocycles. The molecule has 0 radical (unpaired) electrons. The van der Waals surface area contributed by atoms with Crippen LogP contribution in [-0.4, -0.2) is 71.4 Å². The summed E-state index contributed by atoms with van der Waals surface area (Å²) in [7, 11) is -3.89. The second-order valence-corrected chi connectivity index (χ2v) is 13.9. The highest BCUT2D eigenvalue weighted by molar-refractivity contribution is 7.89. The summed E-state index contributed by atoms with van der Waals surface area (Å²) >= 11 is 0. The van der Waals surface area contributed by atoms with Gasteiger partial charge in [0, 0.05) is 43.1 Å². The van der Waals surface area contributed by atoms with E-state index in [0.29, 0.717) is 24.9 Å². The lowest BCUT2D eigenvalue weighted by Crippen LogP contribution is -2.50. The summed E-state index contributed by atoms with van der Waals surface area (Å²) in [6, 6.07) is 23.4. The van der Waals surface area contributed by atoms with Crippen LogP contribution in [0.2, 0.25) is 0 Å². The van der Waals surface area contributed by atoms with Crippen LogP contribution in [0.5, 0.6) is 0 Å². The summed E-state index contributed by atoms with van der Waals surface area (Å²) in [5, 5.41) is 16.2.